The zero-order valence-corrected chi connectivity index (χ0v) is 15.7. The van der Waals surface area contributed by atoms with E-state index in [4.69, 9.17) is 4.98 Å². The molecule has 5 nitrogen and oxygen atoms in total. The van der Waals surface area contributed by atoms with Crippen molar-refractivity contribution in [1.82, 2.24) is 14.9 Å². The Labute approximate surface area is 161 Å². The molecule has 28 heavy (non-hydrogen) atoms. The third-order valence-corrected chi connectivity index (χ3v) is 4.65. The van der Waals surface area contributed by atoms with Crippen molar-refractivity contribution < 1.29 is 13.2 Å². The molecule has 148 valence electrons. The highest BCUT2D eigenvalue weighted by Crippen LogP contribution is 2.32. The molecule has 1 aromatic carbocycles. The Morgan fingerprint density at radius 2 is 2.00 bits per heavy atom. The molecule has 2 aromatic rings. The summed E-state index contributed by atoms with van der Waals surface area (Å²) >= 11 is 0. The van der Waals surface area contributed by atoms with Crippen LogP contribution < -0.4 is 15.8 Å². The summed E-state index contributed by atoms with van der Waals surface area (Å²) < 4.78 is 40.1. The molecule has 0 spiro atoms. The molecule has 3 rings (SSSR count). The van der Waals surface area contributed by atoms with Gasteiger partial charge in [0.25, 0.3) is 5.56 Å². The second-order valence-corrected chi connectivity index (χ2v) is 6.37. The fourth-order valence-electron chi connectivity index (χ4n) is 3.21. The van der Waals surface area contributed by atoms with Crippen LogP contribution in [0.5, 0.6) is 0 Å². The monoisotopic (exact) mass is 390 g/mol. The fraction of sp³-hybridized carbons (Fsp3) is 0.400. The average Bonchev–Trinajstić information content (AvgIpc) is 2.68. The van der Waals surface area contributed by atoms with E-state index >= 15 is 0 Å². The Hall–Kier alpha value is -2.79. The number of hydrogen-bond donors (Lipinski definition) is 1. The zero-order valence-electron chi connectivity index (χ0n) is 15.7. The quantitative estimate of drug-likeness (QED) is 0.816. The Kier molecular flexibility index (Phi) is 5.75. The summed E-state index contributed by atoms with van der Waals surface area (Å²) in [6.45, 7) is 5.33. The molecule has 0 radical (unpaired) electrons. The van der Waals surface area contributed by atoms with Gasteiger partial charge in [0, 0.05) is 31.7 Å². The largest absolute Gasteiger partial charge is 0.416 e. The number of fused-ring (bicyclic) bond motifs is 1. The lowest BCUT2D eigenvalue weighted by atomic mass is 10.1. The summed E-state index contributed by atoms with van der Waals surface area (Å²) in [4.78, 5) is 19.5. The molecule has 1 aliphatic rings. The highest BCUT2D eigenvalue weighted by atomic mass is 19.4. The van der Waals surface area contributed by atoms with Crippen LogP contribution in [0.4, 0.5) is 24.8 Å². The molecule has 2 heterocycles. The van der Waals surface area contributed by atoms with Crippen molar-refractivity contribution in [3.8, 4) is 11.8 Å². The predicted molar refractivity (Wildman–Crippen MR) is 101 cm³/mol. The lowest BCUT2D eigenvalue weighted by Gasteiger charge is -2.27. The van der Waals surface area contributed by atoms with Crippen LogP contribution in [0, 0.1) is 11.8 Å². The number of alkyl halides is 3. The van der Waals surface area contributed by atoms with Gasteiger partial charge in [-0.25, -0.2) is 4.98 Å². The van der Waals surface area contributed by atoms with Crippen molar-refractivity contribution in [2.75, 3.05) is 18.0 Å². The van der Waals surface area contributed by atoms with E-state index in [0.29, 0.717) is 36.7 Å². The van der Waals surface area contributed by atoms with Crippen molar-refractivity contribution in [3.63, 3.8) is 0 Å². The van der Waals surface area contributed by atoms with E-state index in [0.717, 1.165) is 24.4 Å². The van der Waals surface area contributed by atoms with E-state index in [1.807, 2.05) is 6.92 Å². The number of nitrogens with zero attached hydrogens (tertiary/aromatic N) is 3. The standard InChI is InChI=1S/C20H21F3N4O/c1-3-5-12-27-18(28)16-13-24-11-10-17(16)25-19(27)26(4-2)15-8-6-14(7-9-15)20(21,22)23/h6-9,24H,4,10-13H2,1-2H3. The predicted octanol–water partition coefficient (Wildman–Crippen LogP) is 3.09. The minimum Gasteiger partial charge on any atom is -0.312 e. The topological polar surface area (TPSA) is 50.2 Å². The molecule has 8 heteroatoms. The van der Waals surface area contributed by atoms with E-state index < -0.39 is 11.7 Å². The summed E-state index contributed by atoms with van der Waals surface area (Å²) in [5, 5.41) is 3.17. The molecule has 0 bridgehead atoms. The molecule has 1 aliphatic heterocycles. The van der Waals surface area contributed by atoms with Crippen molar-refractivity contribution in [2.45, 2.75) is 39.5 Å². The van der Waals surface area contributed by atoms with Crippen molar-refractivity contribution in [3.05, 3.63) is 51.4 Å². The second-order valence-electron chi connectivity index (χ2n) is 6.37. The first-order valence-electron chi connectivity index (χ1n) is 9.04. The Bertz CT molecular complexity index is 968. The van der Waals surface area contributed by atoms with Gasteiger partial charge in [0.2, 0.25) is 5.95 Å². The summed E-state index contributed by atoms with van der Waals surface area (Å²) in [5.74, 6) is 6.06. The molecule has 0 amide bonds. The average molecular weight is 390 g/mol. The maximum Gasteiger partial charge on any atom is 0.416 e. The van der Waals surface area contributed by atoms with E-state index in [-0.39, 0.29) is 12.1 Å². The number of nitrogens with one attached hydrogen (secondary N) is 1. The first kappa shape index (κ1) is 20.0. The Morgan fingerprint density at radius 3 is 2.61 bits per heavy atom. The van der Waals surface area contributed by atoms with E-state index in [1.165, 1.54) is 16.7 Å². The van der Waals surface area contributed by atoms with Crippen LogP contribution in [0.25, 0.3) is 0 Å². The van der Waals surface area contributed by atoms with Gasteiger partial charge >= 0.3 is 6.18 Å². The molecular formula is C20H21F3N4O. The summed E-state index contributed by atoms with van der Waals surface area (Å²) in [5.41, 5.74) is 1.00. The van der Waals surface area contributed by atoms with Crippen LogP contribution in [0.3, 0.4) is 0 Å². The molecule has 0 atom stereocenters. The molecule has 0 unspecified atom stereocenters. The molecule has 1 N–H and O–H groups in total. The maximum atomic E-state index is 13.0. The first-order chi connectivity index (χ1) is 13.4. The molecule has 0 saturated carbocycles. The van der Waals surface area contributed by atoms with Crippen molar-refractivity contribution in [2.24, 2.45) is 0 Å². The third-order valence-electron chi connectivity index (χ3n) is 4.65. The van der Waals surface area contributed by atoms with Gasteiger partial charge < -0.3 is 10.2 Å². The normalized spacial score (nSPS) is 13.5. The molecule has 0 fully saturated rings. The lowest BCUT2D eigenvalue weighted by Crippen LogP contribution is -2.38. The number of halogens is 3. The van der Waals surface area contributed by atoms with Crippen LogP contribution in [-0.4, -0.2) is 22.6 Å². The summed E-state index contributed by atoms with van der Waals surface area (Å²) in [6.07, 6.45) is -3.77. The maximum absolute atomic E-state index is 13.0. The minimum absolute atomic E-state index is 0.166. The molecule has 1 aromatic heterocycles. The fourth-order valence-corrected chi connectivity index (χ4v) is 3.21. The van der Waals surface area contributed by atoms with Crippen LogP contribution >= 0.6 is 0 Å². The zero-order chi connectivity index (χ0) is 20.3. The van der Waals surface area contributed by atoms with Gasteiger partial charge in [-0.2, -0.15) is 13.2 Å². The second kappa shape index (κ2) is 8.07. The van der Waals surface area contributed by atoms with Crippen LogP contribution in [-0.2, 0) is 25.7 Å². The van der Waals surface area contributed by atoms with Crippen LogP contribution in [0.2, 0.25) is 0 Å². The van der Waals surface area contributed by atoms with Crippen LogP contribution in [0.15, 0.2) is 29.1 Å². The SMILES string of the molecule is CC#CCn1c(N(CC)c2ccc(C(F)(F)F)cc2)nc2c(c1=O)CNCC2. The molecule has 0 aliphatic carbocycles. The first-order valence-corrected chi connectivity index (χ1v) is 9.04. The Morgan fingerprint density at radius 1 is 1.29 bits per heavy atom. The van der Waals surface area contributed by atoms with Crippen molar-refractivity contribution in [1.29, 1.82) is 0 Å². The van der Waals surface area contributed by atoms with E-state index in [2.05, 4.69) is 17.2 Å². The van der Waals surface area contributed by atoms with Gasteiger partial charge in [-0.15, -0.1) is 5.92 Å². The minimum atomic E-state index is -4.40. The number of aromatic nitrogens is 2. The number of anilines is 2. The summed E-state index contributed by atoms with van der Waals surface area (Å²) in [7, 11) is 0. The summed E-state index contributed by atoms with van der Waals surface area (Å²) in [6, 6.07) is 4.87. The van der Waals surface area contributed by atoms with Gasteiger partial charge in [-0.3, -0.25) is 9.36 Å². The van der Waals surface area contributed by atoms with Gasteiger partial charge in [0.05, 0.1) is 23.4 Å². The van der Waals surface area contributed by atoms with Gasteiger partial charge in [-0.1, -0.05) is 5.92 Å². The van der Waals surface area contributed by atoms with Crippen molar-refractivity contribution >= 4 is 11.6 Å². The van der Waals surface area contributed by atoms with Gasteiger partial charge in [-0.05, 0) is 38.1 Å². The van der Waals surface area contributed by atoms with E-state index in [9.17, 15) is 18.0 Å². The van der Waals surface area contributed by atoms with Crippen LogP contribution in [0.1, 0.15) is 30.7 Å². The molecule has 0 saturated heterocycles. The Balaban J connectivity index is 2.11. The van der Waals surface area contributed by atoms with Gasteiger partial charge in [0.15, 0.2) is 0 Å². The highest BCUT2D eigenvalue weighted by molar-refractivity contribution is 5.58. The van der Waals surface area contributed by atoms with Gasteiger partial charge in [0.1, 0.15) is 0 Å². The smallest absolute Gasteiger partial charge is 0.312 e. The highest BCUT2D eigenvalue weighted by Gasteiger charge is 2.30. The van der Waals surface area contributed by atoms with E-state index in [1.54, 1.807) is 11.8 Å². The number of benzene rings is 1. The lowest BCUT2D eigenvalue weighted by molar-refractivity contribution is -0.137. The number of rotatable bonds is 4. The molecular weight excluding hydrogens is 369 g/mol. The number of hydrogen-bond acceptors (Lipinski definition) is 4. The third kappa shape index (κ3) is 3.90.